The van der Waals surface area contributed by atoms with Crippen LogP contribution in [0.4, 0.5) is 5.82 Å². The van der Waals surface area contributed by atoms with E-state index in [1.165, 1.54) is 0 Å². The van der Waals surface area contributed by atoms with Crippen molar-refractivity contribution in [2.24, 2.45) is 0 Å². The van der Waals surface area contributed by atoms with Crippen molar-refractivity contribution in [2.75, 3.05) is 19.0 Å². The van der Waals surface area contributed by atoms with Gasteiger partial charge in [-0.1, -0.05) is 23.2 Å². The van der Waals surface area contributed by atoms with Crippen molar-refractivity contribution in [1.82, 2.24) is 15.0 Å². The summed E-state index contributed by atoms with van der Waals surface area (Å²) in [4.78, 5) is 14.1. The molecule has 1 aromatic carbocycles. The number of rotatable bonds is 2. The van der Waals surface area contributed by atoms with Crippen LogP contribution in [-0.2, 0) is 0 Å². The van der Waals surface area contributed by atoms with E-state index in [0.29, 0.717) is 21.5 Å². The topological polar surface area (TPSA) is 44.8 Å². The first-order chi connectivity index (χ1) is 9.52. The Morgan fingerprint density at radius 2 is 1.70 bits per heavy atom. The van der Waals surface area contributed by atoms with Crippen LogP contribution in [-0.4, -0.2) is 29.0 Å². The van der Waals surface area contributed by atoms with Crippen LogP contribution in [0.3, 0.4) is 0 Å². The molecule has 4 nitrogen and oxygen atoms in total. The Morgan fingerprint density at radius 3 is 2.35 bits per heavy atom. The standard InChI is InChI=1S/C14H12Cl2N4/c1-20(2)12-4-3-11-14(18-12)19-13(17-11)8-5-9(15)7-10(16)6-8/h3-7H,1-2H3,(H,17,18,19). The van der Waals surface area contributed by atoms with Crippen LogP contribution < -0.4 is 4.90 Å². The number of pyridine rings is 1. The van der Waals surface area contributed by atoms with Crippen LogP contribution in [0.15, 0.2) is 30.3 Å². The molecule has 0 spiro atoms. The Kier molecular flexibility index (Phi) is 3.28. The fraction of sp³-hybridized carbons (Fsp3) is 0.143. The van der Waals surface area contributed by atoms with Gasteiger partial charge in [0.25, 0.3) is 0 Å². The predicted molar refractivity (Wildman–Crippen MR) is 83.7 cm³/mol. The summed E-state index contributed by atoms with van der Waals surface area (Å²) in [5.41, 5.74) is 2.39. The minimum absolute atomic E-state index is 0.579. The molecule has 0 aliphatic heterocycles. The SMILES string of the molecule is CN(C)c1ccc2[nH]c(-c3cc(Cl)cc(Cl)c3)nc2n1. The van der Waals surface area contributed by atoms with Crippen molar-refractivity contribution in [3.8, 4) is 11.4 Å². The number of H-pyrrole nitrogens is 1. The number of nitrogens with zero attached hydrogens (tertiary/aromatic N) is 3. The summed E-state index contributed by atoms with van der Waals surface area (Å²) in [5.74, 6) is 1.56. The highest BCUT2D eigenvalue weighted by molar-refractivity contribution is 6.35. The van der Waals surface area contributed by atoms with Crippen molar-refractivity contribution in [3.05, 3.63) is 40.4 Å². The molecule has 0 unspecified atom stereocenters. The molecule has 2 heterocycles. The van der Waals surface area contributed by atoms with Crippen molar-refractivity contribution in [3.63, 3.8) is 0 Å². The Hall–Kier alpha value is -1.78. The number of hydrogen-bond acceptors (Lipinski definition) is 3. The third-order valence-electron chi connectivity index (χ3n) is 2.93. The van der Waals surface area contributed by atoms with Gasteiger partial charge in [-0.15, -0.1) is 0 Å². The summed E-state index contributed by atoms with van der Waals surface area (Å²) < 4.78 is 0. The lowest BCUT2D eigenvalue weighted by atomic mass is 10.2. The van der Waals surface area contributed by atoms with Gasteiger partial charge in [0.15, 0.2) is 5.65 Å². The van der Waals surface area contributed by atoms with Gasteiger partial charge in [-0.05, 0) is 30.3 Å². The lowest BCUT2D eigenvalue weighted by Crippen LogP contribution is -2.10. The lowest BCUT2D eigenvalue weighted by Gasteiger charge is -2.09. The Bertz CT molecular complexity index is 760. The second-order valence-corrected chi connectivity index (χ2v) is 5.55. The average Bonchev–Trinajstić information content (AvgIpc) is 2.80. The summed E-state index contributed by atoms with van der Waals surface area (Å²) in [6.45, 7) is 0. The third-order valence-corrected chi connectivity index (χ3v) is 3.36. The zero-order chi connectivity index (χ0) is 14.3. The number of benzene rings is 1. The van der Waals surface area contributed by atoms with Crippen molar-refractivity contribution in [2.45, 2.75) is 0 Å². The molecule has 0 bridgehead atoms. The second kappa shape index (κ2) is 4.96. The van der Waals surface area contributed by atoms with Crippen LogP contribution in [0, 0.1) is 0 Å². The van der Waals surface area contributed by atoms with Crippen LogP contribution in [0.5, 0.6) is 0 Å². The van der Waals surface area contributed by atoms with Gasteiger partial charge in [-0.3, -0.25) is 0 Å². The fourth-order valence-electron chi connectivity index (χ4n) is 1.96. The molecule has 0 radical (unpaired) electrons. The first-order valence-electron chi connectivity index (χ1n) is 6.03. The van der Waals surface area contributed by atoms with E-state index in [2.05, 4.69) is 15.0 Å². The molecule has 0 fully saturated rings. The quantitative estimate of drug-likeness (QED) is 0.778. The fourth-order valence-corrected chi connectivity index (χ4v) is 2.48. The second-order valence-electron chi connectivity index (χ2n) is 4.68. The molecule has 0 aliphatic rings. The normalized spacial score (nSPS) is 11.0. The van der Waals surface area contributed by atoms with E-state index in [4.69, 9.17) is 23.2 Å². The molecule has 102 valence electrons. The van der Waals surface area contributed by atoms with Gasteiger partial charge in [0.1, 0.15) is 11.6 Å². The molecular formula is C14H12Cl2N4. The first-order valence-corrected chi connectivity index (χ1v) is 6.79. The Balaban J connectivity index is 2.12. The molecular weight excluding hydrogens is 295 g/mol. The monoisotopic (exact) mass is 306 g/mol. The summed E-state index contributed by atoms with van der Waals surface area (Å²) in [6.07, 6.45) is 0. The number of nitrogens with one attached hydrogen (secondary N) is 1. The van der Waals surface area contributed by atoms with E-state index in [9.17, 15) is 0 Å². The van der Waals surface area contributed by atoms with E-state index in [1.54, 1.807) is 6.07 Å². The van der Waals surface area contributed by atoms with Gasteiger partial charge in [-0.2, -0.15) is 0 Å². The van der Waals surface area contributed by atoms with Gasteiger partial charge >= 0.3 is 0 Å². The molecule has 0 amide bonds. The van der Waals surface area contributed by atoms with Crippen molar-refractivity contribution in [1.29, 1.82) is 0 Å². The molecule has 2 aromatic heterocycles. The van der Waals surface area contributed by atoms with E-state index >= 15 is 0 Å². The van der Waals surface area contributed by atoms with E-state index in [1.807, 2.05) is 43.3 Å². The maximum Gasteiger partial charge on any atom is 0.180 e. The number of imidazole rings is 1. The molecule has 3 aromatic rings. The molecule has 0 saturated heterocycles. The zero-order valence-corrected chi connectivity index (χ0v) is 12.5. The summed E-state index contributed by atoms with van der Waals surface area (Å²) in [6, 6.07) is 9.23. The highest BCUT2D eigenvalue weighted by Crippen LogP contribution is 2.27. The van der Waals surface area contributed by atoms with Crippen LogP contribution in [0.25, 0.3) is 22.6 Å². The minimum Gasteiger partial charge on any atom is -0.363 e. The summed E-state index contributed by atoms with van der Waals surface area (Å²) in [5, 5.41) is 1.16. The molecule has 0 saturated carbocycles. The predicted octanol–water partition coefficient (Wildman–Crippen LogP) is 4.00. The molecule has 1 N–H and O–H groups in total. The number of aromatic amines is 1. The summed E-state index contributed by atoms with van der Waals surface area (Å²) in [7, 11) is 3.89. The van der Waals surface area contributed by atoms with Crippen molar-refractivity contribution < 1.29 is 0 Å². The smallest absolute Gasteiger partial charge is 0.180 e. The maximum atomic E-state index is 6.02. The number of aromatic nitrogens is 3. The number of hydrogen-bond donors (Lipinski definition) is 1. The van der Waals surface area contributed by atoms with Gasteiger partial charge in [-0.25, -0.2) is 9.97 Å². The van der Waals surface area contributed by atoms with Gasteiger partial charge in [0.2, 0.25) is 0 Å². The first kappa shape index (κ1) is 13.2. The van der Waals surface area contributed by atoms with E-state index in [-0.39, 0.29) is 0 Å². The Morgan fingerprint density at radius 1 is 1.00 bits per heavy atom. The molecule has 0 atom stereocenters. The number of halogens is 2. The molecule has 0 aliphatic carbocycles. The molecule has 3 rings (SSSR count). The third kappa shape index (κ3) is 2.44. The van der Waals surface area contributed by atoms with E-state index < -0.39 is 0 Å². The zero-order valence-electron chi connectivity index (χ0n) is 11.0. The highest BCUT2D eigenvalue weighted by atomic mass is 35.5. The maximum absolute atomic E-state index is 6.02. The van der Waals surface area contributed by atoms with Crippen LogP contribution in [0.2, 0.25) is 10.0 Å². The lowest BCUT2D eigenvalue weighted by molar-refractivity contribution is 1.08. The van der Waals surface area contributed by atoms with Crippen LogP contribution in [0.1, 0.15) is 0 Å². The van der Waals surface area contributed by atoms with Crippen LogP contribution >= 0.6 is 23.2 Å². The molecule has 6 heteroatoms. The highest BCUT2D eigenvalue weighted by Gasteiger charge is 2.09. The largest absolute Gasteiger partial charge is 0.363 e. The molecule has 20 heavy (non-hydrogen) atoms. The Labute approximate surface area is 126 Å². The minimum atomic E-state index is 0.579. The van der Waals surface area contributed by atoms with E-state index in [0.717, 1.165) is 16.9 Å². The summed E-state index contributed by atoms with van der Waals surface area (Å²) >= 11 is 12.0. The van der Waals surface area contributed by atoms with Gasteiger partial charge in [0, 0.05) is 29.7 Å². The average molecular weight is 307 g/mol. The van der Waals surface area contributed by atoms with Crippen molar-refractivity contribution >= 4 is 40.2 Å². The van der Waals surface area contributed by atoms with Gasteiger partial charge in [0.05, 0.1) is 5.52 Å². The van der Waals surface area contributed by atoms with Gasteiger partial charge < -0.3 is 9.88 Å². The number of fused-ring (bicyclic) bond motifs is 1. The number of anilines is 1.